The number of halogens is 1. The van der Waals surface area contributed by atoms with Crippen LogP contribution in [0.1, 0.15) is 24.8 Å². The molecule has 0 amide bonds. The highest BCUT2D eigenvalue weighted by Crippen LogP contribution is 2.17. The van der Waals surface area contributed by atoms with Crippen molar-refractivity contribution in [2.45, 2.75) is 31.8 Å². The normalized spacial score (nSPS) is 23.7. The number of nitrogens with one attached hydrogen (secondary N) is 2. The van der Waals surface area contributed by atoms with Gasteiger partial charge < -0.3 is 15.4 Å². The van der Waals surface area contributed by atoms with E-state index >= 15 is 0 Å². The molecule has 3 rings (SSSR count). The molecule has 6 nitrogen and oxygen atoms in total. The van der Waals surface area contributed by atoms with Crippen molar-refractivity contribution in [3.05, 3.63) is 34.9 Å². The van der Waals surface area contributed by atoms with Crippen LogP contribution < -0.4 is 10.6 Å². The van der Waals surface area contributed by atoms with Crippen LogP contribution in [-0.4, -0.2) is 51.7 Å². The van der Waals surface area contributed by atoms with E-state index in [1.807, 2.05) is 24.3 Å². The van der Waals surface area contributed by atoms with Gasteiger partial charge >= 0.3 is 0 Å². The monoisotopic (exact) mass is 399 g/mol. The molecule has 0 spiro atoms. The molecule has 2 fully saturated rings. The fourth-order valence-electron chi connectivity index (χ4n) is 3.22. The van der Waals surface area contributed by atoms with Gasteiger partial charge in [0.25, 0.3) is 0 Å². The number of hydrogen-bond acceptors (Lipinski definition) is 4. The second kappa shape index (κ2) is 9.06. The largest absolute Gasteiger partial charge is 0.381 e. The number of aliphatic imine (C=N–C) groups is 1. The Hall–Kier alpha value is -1.31. The van der Waals surface area contributed by atoms with Crippen molar-refractivity contribution in [3.8, 4) is 0 Å². The summed E-state index contributed by atoms with van der Waals surface area (Å²) in [5.74, 6) is 1.44. The van der Waals surface area contributed by atoms with Crippen LogP contribution in [0.2, 0.25) is 5.02 Å². The molecular formula is C18H26ClN3O3S. The van der Waals surface area contributed by atoms with Gasteiger partial charge in [0, 0.05) is 30.8 Å². The van der Waals surface area contributed by atoms with E-state index in [4.69, 9.17) is 16.3 Å². The zero-order valence-corrected chi connectivity index (χ0v) is 16.4. The maximum atomic E-state index is 11.6. The molecule has 2 heterocycles. The number of sulfone groups is 1. The minimum absolute atomic E-state index is 0.150. The van der Waals surface area contributed by atoms with E-state index in [9.17, 15) is 8.42 Å². The quantitative estimate of drug-likeness (QED) is 0.584. The summed E-state index contributed by atoms with van der Waals surface area (Å²) in [5.41, 5.74) is 1.07. The summed E-state index contributed by atoms with van der Waals surface area (Å²) in [7, 11) is -2.86. The summed E-state index contributed by atoms with van der Waals surface area (Å²) in [4.78, 5) is 4.68. The molecule has 0 aromatic heterocycles. The van der Waals surface area contributed by atoms with E-state index in [-0.39, 0.29) is 11.7 Å². The summed E-state index contributed by atoms with van der Waals surface area (Å²) in [6.45, 7) is 2.67. The number of ether oxygens (including phenoxy) is 1. The Morgan fingerprint density at radius 3 is 2.58 bits per heavy atom. The molecule has 8 heteroatoms. The van der Waals surface area contributed by atoms with Gasteiger partial charge in [0.15, 0.2) is 15.8 Å². The lowest BCUT2D eigenvalue weighted by Gasteiger charge is -2.25. The molecule has 2 N–H and O–H groups in total. The molecule has 0 saturated carbocycles. The Balaban J connectivity index is 1.60. The maximum Gasteiger partial charge on any atom is 0.191 e. The zero-order chi connectivity index (χ0) is 18.4. The van der Waals surface area contributed by atoms with Crippen LogP contribution in [0.5, 0.6) is 0 Å². The Morgan fingerprint density at radius 1 is 1.19 bits per heavy atom. The SMILES string of the molecule is O=S1(=O)CCC(CNC(=NCc2ccc(Cl)cc2)NC2CCOCC2)C1. The van der Waals surface area contributed by atoms with Gasteiger partial charge in [-0.3, -0.25) is 0 Å². The van der Waals surface area contributed by atoms with Gasteiger partial charge in [-0.1, -0.05) is 23.7 Å². The predicted octanol–water partition coefficient (Wildman–Crippen LogP) is 1.99. The van der Waals surface area contributed by atoms with E-state index in [1.165, 1.54) is 0 Å². The molecule has 1 aromatic rings. The van der Waals surface area contributed by atoms with Gasteiger partial charge in [-0.05, 0) is 42.9 Å². The second-order valence-electron chi connectivity index (χ2n) is 6.97. The lowest BCUT2D eigenvalue weighted by atomic mass is 10.1. The van der Waals surface area contributed by atoms with Gasteiger partial charge in [0.1, 0.15) is 0 Å². The smallest absolute Gasteiger partial charge is 0.191 e. The van der Waals surface area contributed by atoms with Gasteiger partial charge in [0.05, 0.1) is 18.1 Å². The number of guanidine groups is 1. The molecule has 2 saturated heterocycles. The third-order valence-electron chi connectivity index (χ3n) is 4.78. The molecule has 1 unspecified atom stereocenters. The van der Waals surface area contributed by atoms with Crippen molar-refractivity contribution in [3.63, 3.8) is 0 Å². The van der Waals surface area contributed by atoms with Crippen molar-refractivity contribution >= 4 is 27.4 Å². The highest BCUT2D eigenvalue weighted by Gasteiger charge is 2.28. The first kappa shape index (κ1) is 19.5. The van der Waals surface area contributed by atoms with Gasteiger partial charge in [-0.25, -0.2) is 13.4 Å². The Bertz CT molecular complexity index is 716. The fraction of sp³-hybridized carbons (Fsp3) is 0.611. The van der Waals surface area contributed by atoms with E-state index < -0.39 is 9.84 Å². The lowest BCUT2D eigenvalue weighted by Crippen LogP contribution is -2.47. The van der Waals surface area contributed by atoms with Crippen LogP contribution in [0.4, 0.5) is 0 Å². The van der Waals surface area contributed by atoms with E-state index in [1.54, 1.807) is 0 Å². The first-order chi connectivity index (χ1) is 12.5. The minimum atomic E-state index is -2.86. The molecule has 0 bridgehead atoms. The molecule has 1 aromatic carbocycles. The topological polar surface area (TPSA) is 79.8 Å². The number of nitrogens with zero attached hydrogens (tertiary/aromatic N) is 1. The van der Waals surface area contributed by atoms with Gasteiger partial charge in [-0.15, -0.1) is 0 Å². The molecule has 2 aliphatic rings. The van der Waals surface area contributed by atoms with Crippen molar-refractivity contribution < 1.29 is 13.2 Å². The summed E-state index contributed by atoms with van der Waals surface area (Å²) in [6.07, 6.45) is 2.61. The molecule has 2 aliphatic heterocycles. The van der Waals surface area contributed by atoms with Gasteiger partial charge in [0.2, 0.25) is 0 Å². The van der Waals surface area contributed by atoms with Crippen LogP contribution in [-0.2, 0) is 21.1 Å². The molecule has 1 atom stereocenters. The van der Waals surface area contributed by atoms with Crippen LogP contribution in [0.25, 0.3) is 0 Å². The summed E-state index contributed by atoms with van der Waals surface area (Å²) < 4.78 is 28.7. The Labute approximate surface area is 160 Å². The Kier molecular flexibility index (Phi) is 6.78. The molecule has 0 aliphatic carbocycles. The number of hydrogen-bond donors (Lipinski definition) is 2. The van der Waals surface area contributed by atoms with Crippen LogP contribution in [0, 0.1) is 5.92 Å². The van der Waals surface area contributed by atoms with Crippen molar-refractivity contribution in [2.75, 3.05) is 31.3 Å². The van der Waals surface area contributed by atoms with Gasteiger partial charge in [-0.2, -0.15) is 0 Å². The maximum absolute atomic E-state index is 11.6. The standard InChI is InChI=1S/C18H26ClN3O3S/c19-16-3-1-14(2-4-16)11-20-18(22-17-5-8-25-9-6-17)21-12-15-7-10-26(23,24)13-15/h1-4,15,17H,5-13H2,(H2,20,21,22). The highest BCUT2D eigenvalue weighted by molar-refractivity contribution is 7.91. The third-order valence-corrected chi connectivity index (χ3v) is 6.87. The first-order valence-electron chi connectivity index (χ1n) is 9.08. The lowest BCUT2D eigenvalue weighted by molar-refractivity contribution is 0.0822. The third kappa shape index (κ3) is 6.14. The van der Waals surface area contributed by atoms with E-state index in [0.717, 1.165) is 44.0 Å². The number of benzene rings is 1. The average Bonchev–Trinajstić information content (AvgIpc) is 2.98. The van der Waals surface area contributed by atoms with Crippen molar-refractivity contribution in [2.24, 2.45) is 10.9 Å². The second-order valence-corrected chi connectivity index (χ2v) is 9.64. The Morgan fingerprint density at radius 2 is 1.92 bits per heavy atom. The number of rotatable bonds is 5. The minimum Gasteiger partial charge on any atom is -0.381 e. The predicted molar refractivity (Wildman–Crippen MR) is 104 cm³/mol. The average molecular weight is 400 g/mol. The van der Waals surface area contributed by atoms with Crippen LogP contribution in [0.15, 0.2) is 29.3 Å². The van der Waals surface area contributed by atoms with E-state index in [0.29, 0.717) is 29.9 Å². The highest BCUT2D eigenvalue weighted by atomic mass is 35.5. The molecule has 26 heavy (non-hydrogen) atoms. The first-order valence-corrected chi connectivity index (χ1v) is 11.3. The molecule has 0 radical (unpaired) electrons. The van der Waals surface area contributed by atoms with Crippen molar-refractivity contribution in [1.82, 2.24) is 10.6 Å². The summed E-state index contributed by atoms with van der Waals surface area (Å²) in [6, 6.07) is 7.96. The summed E-state index contributed by atoms with van der Waals surface area (Å²) >= 11 is 5.93. The molecular weight excluding hydrogens is 374 g/mol. The van der Waals surface area contributed by atoms with E-state index in [2.05, 4.69) is 15.6 Å². The van der Waals surface area contributed by atoms with Crippen LogP contribution in [0.3, 0.4) is 0 Å². The van der Waals surface area contributed by atoms with Crippen molar-refractivity contribution in [1.29, 1.82) is 0 Å². The fourth-order valence-corrected chi connectivity index (χ4v) is 5.21. The molecule has 144 valence electrons. The van der Waals surface area contributed by atoms with Crippen LogP contribution >= 0.6 is 11.6 Å². The zero-order valence-electron chi connectivity index (χ0n) is 14.8. The summed E-state index contributed by atoms with van der Waals surface area (Å²) in [5, 5.41) is 7.51.